The second-order valence-electron chi connectivity index (χ2n) is 4.96. The molecule has 4 N–H and O–H groups in total. The van der Waals surface area contributed by atoms with E-state index in [1.807, 2.05) is 31.2 Å². The first-order valence-corrected chi connectivity index (χ1v) is 7.21. The lowest BCUT2D eigenvalue weighted by atomic mass is 10.2. The highest BCUT2D eigenvalue weighted by Crippen LogP contribution is 2.13. The van der Waals surface area contributed by atoms with E-state index in [0.29, 0.717) is 5.75 Å². The summed E-state index contributed by atoms with van der Waals surface area (Å²) in [6.45, 7) is 1.73. The number of nitrogens with two attached hydrogens (primary N) is 1. The predicted octanol–water partition coefficient (Wildman–Crippen LogP) is 2.01. The van der Waals surface area contributed by atoms with Crippen LogP contribution in [0.3, 0.4) is 0 Å². The fourth-order valence-corrected chi connectivity index (χ4v) is 1.83. The van der Waals surface area contributed by atoms with Crippen LogP contribution < -0.4 is 21.2 Å². The van der Waals surface area contributed by atoms with Crippen LogP contribution in [0.15, 0.2) is 53.6 Å². The average molecular weight is 326 g/mol. The fourth-order valence-electron chi connectivity index (χ4n) is 1.83. The maximum atomic E-state index is 11.8. The molecule has 0 saturated heterocycles. The molecular weight excluding hydrogens is 308 g/mol. The van der Waals surface area contributed by atoms with Gasteiger partial charge in [-0.25, -0.2) is 10.2 Å². The highest BCUT2D eigenvalue weighted by molar-refractivity contribution is 5.91. The van der Waals surface area contributed by atoms with Gasteiger partial charge in [0.15, 0.2) is 6.61 Å². The summed E-state index contributed by atoms with van der Waals surface area (Å²) >= 11 is 0. The molecule has 0 aliphatic rings. The largest absolute Gasteiger partial charge is 0.484 e. The van der Waals surface area contributed by atoms with Gasteiger partial charge >= 0.3 is 6.03 Å². The Labute approximate surface area is 139 Å². The van der Waals surface area contributed by atoms with Crippen LogP contribution in [0.1, 0.15) is 11.1 Å². The summed E-state index contributed by atoms with van der Waals surface area (Å²) in [7, 11) is 0. The van der Waals surface area contributed by atoms with Crippen molar-refractivity contribution < 1.29 is 14.3 Å². The Kier molecular flexibility index (Phi) is 5.90. The molecule has 0 heterocycles. The van der Waals surface area contributed by atoms with Gasteiger partial charge in [0.2, 0.25) is 0 Å². The Bertz CT molecular complexity index is 742. The molecule has 0 aliphatic heterocycles. The molecule has 0 aromatic heterocycles. The van der Waals surface area contributed by atoms with Crippen molar-refractivity contribution in [3.63, 3.8) is 0 Å². The zero-order chi connectivity index (χ0) is 17.4. The fraction of sp³-hybridized carbons (Fsp3) is 0.118. The Hall–Kier alpha value is -3.35. The summed E-state index contributed by atoms with van der Waals surface area (Å²) in [5.74, 6) is -0.0132. The zero-order valence-electron chi connectivity index (χ0n) is 13.2. The van der Waals surface area contributed by atoms with Gasteiger partial charge in [-0.1, -0.05) is 18.2 Å². The average Bonchev–Trinajstić information content (AvgIpc) is 2.56. The van der Waals surface area contributed by atoms with Gasteiger partial charge in [-0.2, -0.15) is 5.10 Å². The number of amides is 3. The second kappa shape index (κ2) is 8.33. The van der Waals surface area contributed by atoms with E-state index < -0.39 is 11.9 Å². The number of hydrogen-bond donors (Lipinski definition) is 3. The normalized spacial score (nSPS) is 10.4. The lowest BCUT2D eigenvalue weighted by Crippen LogP contribution is -2.24. The molecule has 124 valence electrons. The Morgan fingerprint density at radius 2 is 1.88 bits per heavy atom. The number of ether oxygens (including phenoxy) is 1. The van der Waals surface area contributed by atoms with Gasteiger partial charge < -0.3 is 15.8 Å². The number of urea groups is 1. The summed E-state index contributed by atoms with van der Waals surface area (Å²) in [6, 6.07) is 13.9. The van der Waals surface area contributed by atoms with Crippen molar-refractivity contribution in [1.82, 2.24) is 5.43 Å². The molecule has 0 fully saturated rings. The van der Waals surface area contributed by atoms with Crippen molar-refractivity contribution >= 4 is 23.8 Å². The van der Waals surface area contributed by atoms with Crippen molar-refractivity contribution in [2.24, 2.45) is 10.8 Å². The lowest BCUT2D eigenvalue weighted by Gasteiger charge is -2.06. The van der Waals surface area contributed by atoms with E-state index in [2.05, 4.69) is 15.8 Å². The highest BCUT2D eigenvalue weighted by atomic mass is 16.5. The van der Waals surface area contributed by atoms with E-state index in [4.69, 9.17) is 10.5 Å². The second-order valence-corrected chi connectivity index (χ2v) is 4.96. The minimum atomic E-state index is -0.537. The number of aryl methyl sites for hydroxylation is 1. The van der Waals surface area contributed by atoms with E-state index in [0.717, 1.165) is 16.8 Å². The first kappa shape index (κ1) is 17.0. The molecule has 3 amide bonds. The van der Waals surface area contributed by atoms with Crippen LogP contribution in [-0.2, 0) is 4.79 Å². The molecule has 24 heavy (non-hydrogen) atoms. The van der Waals surface area contributed by atoms with Crippen LogP contribution in [0, 0.1) is 6.92 Å². The minimum Gasteiger partial charge on any atom is -0.484 e. The number of rotatable bonds is 6. The highest BCUT2D eigenvalue weighted by Gasteiger charge is 2.02. The number of carbonyl (C=O) groups excluding carboxylic acids is 2. The molecule has 0 spiro atoms. The number of hydrogen-bond acceptors (Lipinski definition) is 4. The molecule has 0 unspecified atom stereocenters. The van der Waals surface area contributed by atoms with Crippen LogP contribution in [0.4, 0.5) is 10.5 Å². The number of nitrogens with zero attached hydrogens (tertiary/aromatic N) is 1. The Morgan fingerprint density at radius 1 is 1.17 bits per heavy atom. The summed E-state index contributed by atoms with van der Waals surface area (Å²) in [5.41, 5.74) is 9.83. The maximum Gasteiger partial charge on any atom is 0.339 e. The molecule has 0 atom stereocenters. The smallest absolute Gasteiger partial charge is 0.339 e. The van der Waals surface area contributed by atoms with Crippen molar-refractivity contribution in [3.05, 3.63) is 59.7 Å². The molecule has 2 aromatic carbocycles. The number of hydrazone groups is 1. The summed E-state index contributed by atoms with van der Waals surface area (Å²) in [4.78, 5) is 22.4. The molecule has 7 heteroatoms. The molecule has 7 nitrogen and oxygen atoms in total. The summed E-state index contributed by atoms with van der Waals surface area (Å²) < 4.78 is 5.14. The van der Waals surface area contributed by atoms with Crippen LogP contribution in [0.2, 0.25) is 0 Å². The third-order valence-corrected chi connectivity index (χ3v) is 3.03. The number of anilines is 1. The molecule has 0 radical (unpaired) electrons. The number of nitrogens with one attached hydrogen (secondary N) is 2. The van der Waals surface area contributed by atoms with E-state index in [1.165, 1.54) is 6.21 Å². The number of carbonyl (C=O) groups is 2. The minimum absolute atomic E-state index is 0.173. The van der Waals surface area contributed by atoms with Gasteiger partial charge in [0.1, 0.15) is 5.75 Å². The Morgan fingerprint density at radius 3 is 2.54 bits per heavy atom. The third kappa shape index (κ3) is 5.45. The molecular formula is C17H18N4O3. The monoisotopic (exact) mass is 326 g/mol. The topological polar surface area (TPSA) is 106 Å². The first-order valence-electron chi connectivity index (χ1n) is 7.21. The molecule has 0 saturated carbocycles. The van der Waals surface area contributed by atoms with E-state index in [1.54, 1.807) is 24.3 Å². The molecule has 0 bridgehead atoms. The van der Waals surface area contributed by atoms with Gasteiger partial charge in [0.05, 0.1) is 6.21 Å². The first-order chi connectivity index (χ1) is 11.5. The number of primary amides is 1. The van der Waals surface area contributed by atoms with Crippen LogP contribution in [-0.4, -0.2) is 24.8 Å². The third-order valence-electron chi connectivity index (χ3n) is 3.03. The van der Waals surface area contributed by atoms with E-state index >= 15 is 0 Å². The van der Waals surface area contributed by atoms with Gasteiger partial charge in [0, 0.05) is 5.69 Å². The van der Waals surface area contributed by atoms with Crippen LogP contribution in [0.5, 0.6) is 5.75 Å². The maximum absolute atomic E-state index is 11.8. The number of para-hydroxylation sites is 1. The zero-order valence-corrected chi connectivity index (χ0v) is 13.2. The van der Waals surface area contributed by atoms with Gasteiger partial charge in [-0.15, -0.1) is 0 Å². The predicted molar refractivity (Wildman–Crippen MR) is 92.1 cm³/mol. The number of benzene rings is 2. The van der Waals surface area contributed by atoms with Gasteiger partial charge in [-0.3, -0.25) is 4.79 Å². The van der Waals surface area contributed by atoms with Gasteiger partial charge in [-0.05, 0) is 48.4 Å². The molecule has 0 aliphatic carbocycles. The van der Waals surface area contributed by atoms with Crippen molar-refractivity contribution in [3.8, 4) is 5.75 Å². The lowest BCUT2D eigenvalue weighted by molar-refractivity contribution is -0.119. The summed E-state index contributed by atoms with van der Waals surface area (Å²) in [5, 5.41) is 6.57. The molecule has 2 aromatic rings. The van der Waals surface area contributed by atoms with Crippen LogP contribution in [0.25, 0.3) is 0 Å². The molecule has 2 rings (SSSR count). The SMILES string of the molecule is Cc1ccccc1NC(=O)N/N=C/c1ccc(OCC(N)=O)cc1. The standard InChI is InChI=1S/C17H18N4O3/c1-12-4-2-3-5-15(12)20-17(23)21-19-10-13-6-8-14(9-7-13)24-11-16(18)22/h2-10H,11H2,1H3,(H2,18,22)(H2,20,21,23)/b19-10+. The van der Waals surface area contributed by atoms with E-state index in [-0.39, 0.29) is 6.61 Å². The van der Waals surface area contributed by atoms with Crippen molar-refractivity contribution in [2.45, 2.75) is 6.92 Å². The Balaban J connectivity index is 1.84. The van der Waals surface area contributed by atoms with Crippen molar-refractivity contribution in [2.75, 3.05) is 11.9 Å². The quantitative estimate of drug-likeness (QED) is 0.558. The van der Waals surface area contributed by atoms with Crippen molar-refractivity contribution in [1.29, 1.82) is 0 Å². The van der Waals surface area contributed by atoms with Crippen LogP contribution >= 0.6 is 0 Å². The van der Waals surface area contributed by atoms with Gasteiger partial charge in [0.25, 0.3) is 5.91 Å². The van der Waals surface area contributed by atoms with E-state index in [9.17, 15) is 9.59 Å². The summed E-state index contributed by atoms with van der Waals surface area (Å²) in [6.07, 6.45) is 1.50.